The van der Waals surface area contributed by atoms with E-state index in [2.05, 4.69) is 20.9 Å². The van der Waals surface area contributed by atoms with Gasteiger partial charge in [0.05, 0.1) is 17.6 Å². The maximum absolute atomic E-state index is 11.0. The molecule has 0 aromatic carbocycles. The van der Waals surface area contributed by atoms with Gasteiger partial charge in [0.25, 0.3) is 0 Å². The lowest BCUT2D eigenvalue weighted by atomic mass is 10.2. The third kappa shape index (κ3) is 4.38. The zero-order valence-corrected chi connectivity index (χ0v) is 9.44. The van der Waals surface area contributed by atoms with Crippen molar-refractivity contribution in [3.05, 3.63) is 16.6 Å². The molecule has 0 unspecified atom stereocenters. The van der Waals surface area contributed by atoms with E-state index in [-0.39, 0.29) is 5.97 Å². The predicted molar refractivity (Wildman–Crippen MR) is 55.2 cm³/mol. The molecule has 72 valence electrons. The summed E-state index contributed by atoms with van der Waals surface area (Å²) in [7, 11) is 0. The lowest BCUT2D eigenvalue weighted by Crippen LogP contribution is -2.07. The van der Waals surface area contributed by atoms with Crippen LogP contribution in [0.15, 0.2) is 10.9 Å². The van der Waals surface area contributed by atoms with Crippen molar-refractivity contribution in [2.45, 2.75) is 12.8 Å². The van der Waals surface area contributed by atoms with Crippen LogP contribution in [0.2, 0.25) is 0 Å². The number of aryl methyl sites for hydroxylation is 1. The summed E-state index contributed by atoms with van der Waals surface area (Å²) in [4.78, 5) is 15.1. The molecule has 0 spiro atoms. The number of thiazole rings is 1. The van der Waals surface area contributed by atoms with Gasteiger partial charge in [-0.1, -0.05) is 15.9 Å². The number of rotatable bonds is 5. The second-order valence-corrected chi connectivity index (χ2v) is 3.90. The highest BCUT2D eigenvalue weighted by molar-refractivity contribution is 9.09. The molecule has 0 radical (unpaired) electrons. The minimum absolute atomic E-state index is 0.160. The normalized spacial score (nSPS) is 9.92. The van der Waals surface area contributed by atoms with E-state index >= 15 is 0 Å². The van der Waals surface area contributed by atoms with Gasteiger partial charge < -0.3 is 4.74 Å². The van der Waals surface area contributed by atoms with Gasteiger partial charge in [-0.3, -0.25) is 4.79 Å². The van der Waals surface area contributed by atoms with Crippen LogP contribution in [0.5, 0.6) is 0 Å². The van der Waals surface area contributed by atoms with E-state index < -0.39 is 0 Å². The van der Waals surface area contributed by atoms with E-state index in [1.807, 2.05) is 5.38 Å². The molecule has 0 bridgehead atoms. The molecule has 0 aliphatic carbocycles. The van der Waals surface area contributed by atoms with E-state index in [9.17, 15) is 4.79 Å². The van der Waals surface area contributed by atoms with Gasteiger partial charge in [-0.2, -0.15) is 0 Å². The van der Waals surface area contributed by atoms with Crippen LogP contribution >= 0.6 is 27.3 Å². The number of hydrogen-bond donors (Lipinski definition) is 0. The standard InChI is InChI=1S/C8H10BrNO2S/c9-3-4-12-8(11)2-1-7-5-13-6-10-7/h5-6H,1-4H2. The fraction of sp³-hybridized carbons (Fsp3) is 0.500. The molecule has 0 N–H and O–H groups in total. The third-order valence-electron chi connectivity index (χ3n) is 1.41. The Morgan fingerprint density at radius 3 is 3.15 bits per heavy atom. The number of carbonyl (C=O) groups excluding carboxylic acids is 1. The summed E-state index contributed by atoms with van der Waals surface area (Å²) < 4.78 is 4.88. The zero-order valence-electron chi connectivity index (χ0n) is 7.03. The summed E-state index contributed by atoms with van der Waals surface area (Å²) in [6, 6.07) is 0. The Hall–Kier alpha value is -0.420. The Kier molecular flexibility index (Phi) is 5.00. The predicted octanol–water partition coefficient (Wildman–Crippen LogP) is 2.01. The fourth-order valence-corrected chi connectivity index (χ4v) is 1.57. The van der Waals surface area contributed by atoms with Gasteiger partial charge >= 0.3 is 5.97 Å². The minimum atomic E-state index is -0.160. The molecular formula is C8H10BrNO2S. The Balaban J connectivity index is 2.15. The second-order valence-electron chi connectivity index (χ2n) is 2.39. The molecule has 1 rings (SSSR count). The summed E-state index contributed by atoms with van der Waals surface area (Å²) in [6.07, 6.45) is 1.08. The van der Waals surface area contributed by atoms with Gasteiger partial charge in [0.15, 0.2) is 0 Å². The number of alkyl halides is 1. The van der Waals surface area contributed by atoms with Crippen LogP contribution in [0, 0.1) is 0 Å². The maximum Gasteiger partial charge on any atom is 0.306 e. The second kappa shape index (κ2) is 6.10. The van der Waals surface area contributed by atoms with Crippen molar-refractivity contribution in [1.82, 2.24) is 4.98 Å². The van der Waals surface area contributed by atoms with Gasteiger partial charge in [0.2, 0.25) is 0 Å². The van der Waals surface area contributed by atoms with Crippen LogP contribution in [-0.4, -0.2) is 22.9 Å². The van der Waals surface area contributed by atoms with Crippen LogP contribution in [0.25, 0.3) is 0 Å². The summed E-state index contributed by atoms with van der Waals surface area (Å²) in [5, 5.41) is 2.63. The molecular weight excluding hydrogens is 254 g/mol. The molecule has 1 heterocycles. The number of aromatic nitrogens is 1. The van der Waals surface area contributed by atoms with E-state index in [0.717, 1.165) is 5.69 Å². The molecule has 0 aliphatic heterocycles. The number of esters is 1. The van der Waals surface area contributed by atoms with Crippen molar-refractivity contribution in [2.24, 2.45) is 0 Å². The molecule has 0 aliphatic rings. The van der Waals surface area contributed by atoms with Crippen LogP contribution < -0.4 is 0 Å². The van der Waals surface area contributed by atoms with Gasteiger partial charge in [-0.05, 0) is 0 Å². The molecule has 0 saturated heterocycles. The number of nitrogens with zero attached hydrogens (tertiary/aromatic N) is 1. The smallest absolute Gasteiger partial charge is 0.306 e. The summed E-state index contributed by atoms with van der Waals surface area (Å²) in [5.41, 5.74) is 2.72. The maximum atomic E-state index is 11.0. The van der Waals surface area contributed by atoms with Crippen molar-refractivity contribution in [2.75, 3.05) is 11.9 Å². The highest BCUT2D eigenvalue weighted by Gasteiger charge is 2.03. The number of ether oxygens (including phenoxy) is 1. The Labute approximate surface area is 89.3 Å². The highest BCUT2D eigenvalue weighted by atomic mass is 79.9. The molecule has 3 nitrogen and oxygen atoms in total. The minimum Gasteiger partial charge on any atom is -0.465 e. The molecule has 5 heteroatoms. The first-order chi connectivity index (χ1) is 6.33. The van der Waals surface area contributed by atoms with E-state index in [1.54, 1.807) is 5.51 Å². The average molecular weight is 264 g/mol. The van der Waals surface area contributed by atoms with E-state index in [0.29, 0.717) is 24.8 Å². The van der Waals surface area contributed by atoms with Gasteiger partial charge in [0.1, 0.15) is 6.61 Å². The molecule has 13 heavy (non-hydrogen) atoms. The molecule has 0 amide bonds. The van der Waals surface area contributed by atoms with Crippen molar-refractivity contribution < 1.29 is 9.53 Å². The summed E-state index contributed by atoms with van der Waals surface area (Å²) >= 11 is 4.72. The van der Waals surface area contributed by atoms with Crippen molar-refractivity contribution in [3.63, 3.8) is 0 Å². The number of hydrogen-bond acceptors (Lipinski definition) is 4. The summed E-state index contributed by atoms with van der Waals surface area (Å²) in [6.45, 7) is 0.440. The molecule has 0 fully saturated rings. The van der Waals surface area contributed by atoms with Crippen molar-refractivity contribution in [1.29, 1.82) is 0 Å². The Bertz CT molecular complexity index is 251. The first-order valence-electron chi connectivity index (χ1n) is 3.91. The molecule has 1 aromatic heterocycles. The average Bonchev–Trinajstić information content (AvgIpc) is 2.64. The first kappa shape index (κ1) is 10.7. The van der Waals surface area contributed by atoms with Crippen LogP contribution in [0.4, 0.5) is 0 Å². The van der Waals surface area contributed by atoms with Crippen molar-refractivity contribution >= 4 is 33.2 Å². The van der Waals surface area contributed by atoms with Crippen LogP contribution in [0.1, 0.15) is 12.1 Å². The van der Waals surface area contributed by atoms with Gasteiger partial charge in [0, 0.05) is 17.1 Å². The largest absolute Gasteiger partial charge is 0.465 e. The lowest BCUT2D eigenvalue weighted by Gasteiger charge is -2.00. The van der Waals surface area contributed by atoms with Crippen molar-refractivity contribution in [3.8, 4) is 0 Å². The SMILES string of the molecule is O=C(CCc1cscn1)OCCBr. The third-order valence-corrected chi connectivity index (χ3v) is 2.37. The monoisotopic (exact) mass is 263 g/mol. The Morgan fingerprint density at radius 2 is 2.54 bits per heavy atom. The topological polar surface area (TPSA) is 39.2 Å². The molecule has 1 aromatic rings. The number of halogens is 1. The van der Waals surface area contributed by atoms with E-state index in [4.69, 9.17) is 4.74 Å². The van der Waals surface area contributed by atoms with Crippen LogP contribution in [-0.2, 0) is 16.0 Å². The fourth-order valence-electron chi connectivity index (χ4n) is 0.816. The molecule has 0 saturated carbocycles. The van der Waals surface area contributed by atoms with Gasteiger partial charge in [-0.25, -0.2) is 4.98 Å². The number of carbonyl (C=O) groups is 1. The van der Waals surface area contributed by atoms with Gasteiger partial charge in [-0.15, -0.1) is 11.3 Å². The highest BCUT2D eigenvalue weighted by Crippen LogP contribution is 2.04. The van der Waals surface area contributed by atoms with E-state index in [1.165, 1.54) is 11.3 Å². The Morgan fingerprint density at radius 1 is 1.69 bits per heavy atom. The zero-order chi connectivity index (χ0) is 9.52. The summed E-state index contributed by atoms with van der Waals surface area (Å²) in [5.74, 6) is -0.160. The van der Waals surface area contributed by atoms with Crippen LogP contribution in [0.3, 0.4) is 0 Å². The quantitative estimate of drug-likeness (QED) is 0.603. The lowest BCUT2D eigenvalue weighted by molar-refractivity contribution is -0.142. The first-order valence-corrected chi connectivity index (χ1v) is 5.98. The molecule has 0 atom stereocenters.